The van der Waals surface area contributed by atoms with Crippen molar-refractivity contribution in [1.29, 1.82) is 0 Å². The molecule has 0 aliphatic heterocycles. The Labute approximate surface area is 86.3 Å². The molecule has 72 valence electrons. The third kappa shape index (κ3) is 3.40. The van der Waals surface area contributed by atoms with Gasteiger partial charge in [-0.1, -0.05) is 0 Å². The van der Waals surface area contributed by atoms with Crippen LogP contribution in [0.15, 0.2) is 21.7 Å². The van der Waals surface area contributed by atoms with Gasteiger partial charge in [-0.2, -0.15) is 11.3 Å². The predicted octanol–water partition coefficient (Wildman–Crippen LogP) is 2.79. The molecule has 0 saturated carbocycles. The Hall–Kier alpha value is -0.480. The van der Waals surface area contributed by atoms with Crippen LogP contribution in [0.5, 0.6) is 0 Å². The minimum absolute atomic E-state index is 0.116. The summed E-state index contributed by atoms with van der Waals surface area (Å²) in [6.07, 6.45) is 0. The number of esters is 1. The summed E-state index contributed by atoms with van der Waals surface area (Å²) in [5.74, 6) is -0.140. The SMILES string of the molecule is CCOC(=O)[C@@H](C)Sc1ccsc1. The zero-order valence-corrected chi connectivity index (χ0v) is 9.28. The maximum atomic E-state index is 11.2. The predicted molar refractivity (Wildman–Crippen MR) is 56.3 cm³/mol. The van der Waals surface area contributed by atoms with Crippen LogP contribution in [0.1, 0.15) is 13.8 Å². The summed E-state index contributed by atoms with van der Waals surface area (Å²) in [5.41, 5.74) is 0. The quantitative estimate of drug-likeness (QED) is 0.572. The Morgan fingerprint density at radius 2 is 2.54 bits per heavy atom. The first-order chi connectivity index (χ1) is 6.24. The molecule has 1 rings (SSSR count). The van der Waals surface area contributed by atoms with E-state index >= 15 is 0 Å². The van der Waals surface area contributed by atoms with Crippen molar-refractivity contribution in [3.63, 3.8) is 0 Å². The van der Waals surface area contributed by atoms with Gasteiger partial charge in [0.2, 0.25) is 0 Å². The number of hydrogen-bond acceptors (Lipinski definition) is 4. The van der Waals surface area contributed by atoms with Gasteiger partial charge in [-0.05, 0) is 25.3 Å². The Balaban J connectivity index is 2.41. The Morgan fingerprint density at radius 3 is 3.08 bits per heavy atom. The van der Waals surface area contributed by atoms with Crippen molar-refractivity contribution in [2.75, 3.05) is 6.61 Å². The fraction of sp³-hybridized carbons (Fsp3) is 0.444. The highest BCUT2D eigenvalue weighted by molar-refractivity contribution is 8.00. The second-order valence-corrected chi connectivity index (χ2v) is 4.67. The first-order valence-electron chi connectivity index (χ1n) is 4.09. The maximum absolute atomic E-state index is 11.2. The minimum Gasteiger partial charge on any atom is -0.465 e. The Kier molecular flexibility index (Phi) is 4.32. The van der Waals surface area contributed by atoms with Crippen LogP contribution in [0, 0.1) is 0 Å². The average molecular weight is 216 g/mol. The zero-order valence-electron chi connectivity index (χ0n) is 7.65. The molecular weight excluding hydrogens is 204 g/mol. The molecule has 13 heavy (non-hydrogen) atoms. The lowest BCUT2D eigenvalue weighted by Gasteiger charge is -2.08. The third-order valence-electron chi connectivity index (χ3n) is 1.43. The molecule has 0 unspecified atom stereocenters. The summed E-state index contributed by atoms with van der Waals surface area (Å²) in [5, 5.41) is 3.91. The number of carbonyl (C=O) groups is 1. The molecular formula is C9H12O2S2. The smallest absolute Gasteiger partial charge is 0.319 e. The average Bonchev–Trinajstić information content (AvgIpc) is 2.57. The van der Waals surface area contributed by atoms with Gasteiger partial charge < -0.3 is 4.74 Å². The van der Waals surface area contributed by atoms with Crippen molar-refractivity contribution in [2.24, 2.45) is 0 Å². The fourth-order valence-corrected chi connectivity index (χ4v) is 2.54. The molecule has 4 heteroatoms. The second-order valence-electron chi connectivity index (χ2n) is 2.47. The van der Waals surface area contributed by atoms with Gasteiger partial charge in [-0.3, -0.25) is 4.79 Å². The molecule has 0 N–H and O–H groups in total. The van der Waals surface area contributed by atoms with Gasteiger partial charge in [0.15, 0.2) is 0 Å². The van der Waals surface area contributed by atoms with Crippen LogP contribution in [0.2, 0.25) is 0 Å². The van der Waals surface area contributed by atoms with Gasteiger partial charge in [-0.15, -0.1) is 11.8 Å². The van der Waals surface area contributed by atoms with Crippen LogP contribution in [0.3, 0.4) is 0 Å². The minimum atomic E-state index is -0.140. The molecule has 0 aliphatic carbocycles. The summed E-state index contributed by atoms with van der Waals surface area (Å²) in [6, 6.07) is 2.01. The molecule has 1 aromatic rings. The highest BCUT2D eigenvalue weighted by Crippen LogP contribution is 2.25. The van der Waals surface area contributed by atoms with Gasteiger partial charge >= 0.3 is 5.97 Å². The van der Waals surface area contributed by atoms with E-state index in [-0.39, 0.29) is 11.2 Å². The number of thiophene rings is 1. The van der Waals surface area contributed by atoms with E-state index in [1.807, 2.05) is 30.7 Å². The van der Waals surface area contributed by atoms with Crippen LogP contribution >= 0.6 is 23.1 Å². The lowest BCUT2D eigenvalue weighted by molar-refractivity contribution is -0.142. The molecule has 0 spiro atoms. The van der Waals surface area contributed by atoms with Crippen LogP contribution < -0.4 is 0 Å². The summed E-state index contributed by atoms with van der Waals surface area (Å²) in [4.78, 5) is 12.4. The monoisotopic (exact) mass is 216 g/mol. The van der Waals surface area contributed by atoms with Gasteiger partial charge in [0.1, 0.15) is 5.25 Å². The van der Waals surface area contributed by atoms with E-state index in [0.717, 1.165) is 4.90 Å². The molecule has 1 aromatic heterocycles. The van der Waals surface area contributed by atoms with Crippen LogP contribution in [0.25, 0.3) is 0 Å². The van der Waals surface area contributed by atoms with Gasteiger partial charge in [0.05, 0.1) is 6.61 Å². The summed E-state index contributed by atoms with van der Waals surface area (Å²) in [7, 11) is 0. The normalized spacial score (nSPS) is 12.5. The van der Waals surface area contributed by atoms with Crippen LogP contribution in [-0.4, -0.2) is 17.8 Å². The lowest BCUT2D eigenvalue weighted by Crippen LogP contribution is -2.16. The van der Waals surface area contributed by atoms with Crippen molar-refractivity contribution in [3.05, 3.63) is 16.8 Å². The van der Waals surface area contributed by atoms with E-state index in [2.05, 4.69) is 0 Å². The standard InChI is InChI=1S/C9H12O2S2/c1-3-11-9(10)7(2)13-8-4-5-12-6-8/h4-7H,3H2,1-2H3/t7-/m1/s1. The number of thioether (sulfide) groups is 1. The van der Waals surface area contributed by atoms with Crippen molar-refractivity contribution in [3.8, 4) is 0 Å². The van der Waals surface area contributed by atoms with Crippen molar-refractivity contribution >= 4 is 29.1 Å². The van der Waals surface area contributed by atoms with Crippen LogP contribution in [0.4, 0.5) is 0 Å². The number of hydrogen-bond donors (Lipinski definition) is 0. The van der Waals surface area contributed by atoms with Gasteiger partial charge in [0.25, 0.3) is 0 Å². The molecule has 0 amide bonds. The highest BCUT2D eigenvalue weighted by atomic mass is 32.2. The molecule has 2 nitrogen and oxygen atoms in total. The maximum Gasteiger partial charge on any atom is 0.319 e. The van der Waals surface area contributed by atoms with Crippen molar-refractivity contribution in [1.82, 2.24) is 0 Å². The van der Waals surface area contributed by atoms with Crippen molar-refractivity contribution < 1.29 is 9.53 Å². The summed E-state index contributed by atoms with van der Waals surface area (Å²) < 4.78 is 4.90. The largest absolute Gasteiger partial charge is 0.465 e. The van der Waals surface area contributed by atoms with E-state index in [9.17, 15) is 4.79 Å². The first-order valence-corrected chi connectivity index (χ1v) is 5.91. The first kappa shape index (κ1) is 10.6. The molecule has 0 bridgehead atoms. The number of carbonyl (C=O) groups excluding carboxylic acids is 1. The Bertz CT molecular complexity index is 257. The molecule has 1 atom stereocenters. The number of ether oxygens (including phenoxy) is 1. The second kappa shape index (κ2) is 5.29. The molecule has 0 saturated heterocycles. The van der Waals surface area contributed by atoms with Crippen molar-refractivity contribution in [2.45, 2.75) is 24.0 Å². The van der Waals surface area contributed by atoms with E-state index < -0.39 is 0 Å². The molecule has 0 fully saturated rings. The molecule has 0 aliphatic rings. The molecule has 1 heterocycles. The fourth-order valence-electron chi connectivity index (χ4n) is 0.831. The van der Waals surface area contributed by atoms with E-state index in [1.165, 1.54) is 11.8 Å². The van der Waals surface area contributed by atoms with E-state index in [4.69, 9.17) is 4.74 Å². The van der Waals surface area contributed by atoms with Gasteiger partial charge in [-0.25, -0.2) is 0 Å². The highest BCUT2D eigenvalue weighted by Gasteiger charge is 2.14. The summed E-state index contributed by atoms with van der Waals surface area (Å²) >= 11 is 3.17. The topological polar surface area (TPSA) is 26.3 Å². The van der Waals surface area contributed by atoms with E-state index in [1.54, 1.807) is 11.3 Å². The third-order valence-corrected chi connectivity index (χ3v) is 3.33. The lowest BCUT2D eigenvalue weighted by atomic mass is 10.5. The zero-order chi connectivity index (χ0) is 9.68. The summed E-state index contributed by atoms with van der Waals surface area (Å²) in [6.45, 7) is 4.13. The van der Waals surface area contributed by atoms with Gasteiger partial charge in [0, 0.05) is 10.3 Å². The van der Waals surface area contributed by atoms with E-state index in [0.29, 0.717) is 6.61 Å². The molecule has 0 aromatic carbocycles. The Morgan fingerprint density at radius 1 is 1.77 bits per heavy atom. The number of rotatable bonds is 4. The van der Waals surface area contributed by atoms with Crippen LogP contribution in [-0.2, 0) is 9.53 Å². The molecule has 0 radical (unpaired) electrons.